The van der Waals surface area contributed by atoms with Gasteiger partial charge in [0.1, 0.15) is 11.6 Å². The van der Waals surface area contributed by atoms with Crippen LogP contribution in [0, 0.1) is 11.6 Å². The Balaban J connectivity index is 1.66. The van der Waals surface area contributed by atoms with Crippen LogP contribution in [0.15, 0.2) is 42.5 Å². The lowest BCUT2D eigenvalue weighted by Crippen LogP contribution is -2.35. The fourth-order valence-electron chi connectivity index (χ4n) is 2.84. The lowest BCUT2D eigenvalue weighted by molar-refractivity contribution is 0.0595. The van der Waals surface area contributed by atoms with E-state index in [1.54, 1.807) is 0 Å². The van der Waals surface area contributed by atoms with Crippen molar-refractivity contribution in [2.24, 2.45) is 0 Å². The van der Waals surface area contributed by atoms with E-state index in [-0.39, 0.29) is 11.1 Å². The molecule has 5 nitrogen and oxygen atoms in total. The second-order valence-electron chi connectivity index (χ2n) is 6.26. The maximum atomic E-state index is 13.9. The first kappa shape index (κ1) is 17.8. The number of rotatable bonds is 5. The van der Waals surface area contributed by atoms with Crippen molar-refractivity contribution in [3.05, 3.63) is 65.2 Å². The van der Waals surface area contributed by atoms with Gasteiger partial charge in [-0.3, -0.25) is 0 Å². The zero-order chi connectivity index (χ0) is 18.7. The third kappa shape index (κ3) is 3.66. The molecule has 0 heterocycles. The molecule has 0 aliphatic heterocycles. The molecule has 2 aromatic carbocycles. The van der Waals surface area contributed by atoms with Crippen LogP contribution < -0.4 is 10.6 Å². The molecule has 2 aromatic rings. The van der Waals surface area contributed by atoms with Gasteiger partial charge in [0.15, 0.2) is 0 Å². The van der Waals surface area contributed by atoms with E-state index in [9.17, 15) is 18.4 Å². The molecule has 1 aliphatic carbocycles. The maximum Gasteiger partial charge on any atom is 0.340 e. The molecule has 0 saturated heterocycles. The fraction of sp³-hybridized carbons (Fsp3) is 0.263. The van der Waals surface area contributed by atoms with E-state index in [4.69, 9.17) is 0 Å². The summed E-state index contributed by atoms with van der Waals surface area (Å²) in [5.41, 5.74) is 0.291. The Kier molecular flexibility index (Phi) is 4.88. The largest absolute Gasteiger partial charge is 0.465 e. The molecule has 0 radical (unpaired) electrons. The molecule has 1 saturated carbocycles. The molecule has 7 heteroatoms. The SMILES string of the molecule is COC(=O)c1cc(NC(=O)NCC2(c3ccccc3)CC2)c(F)cc1F. The minimum Gasteiger partial charge on any atom is -0.465 e. The Morgan fingerprint density at radius 1 is 1.12 bits per heavy atom. The van der Waals surface area contributed by atoms with Gasteiger partial charge in [-0.1, -0.05) is 30.3 Å². The van der Waals surface area contributed by atoms with E-state index in [2.05, 4.69) is 15.4 Å². The van der Waals surface area contributed by atoms with E-state index < -0.39 is 29.2 Å². The van der Waals surface area contributed by atoms with Crippen molar-refractivity contribution in [1.29, 1.82) is 0 Å². The Labute approximate surface area is 149 Å². The predicted octanol–water partition coefficient (Wildman–Crippen LogP) is 3.60. The Morgan fingerprint density at radius 3 is 2.42 bits per heavy atom. The summed E-state index contributed by atoms with van der Waals surface area (Å²) < 4.78 is 31.9. The van der Waals surface area contributed by atoms with Crippen LogP contribution >= 0.6 is 0 Å². The third-order valence-corrected chi connectivity index (χ3v) is 4.54. The fourth-order valence-corrected chi connectivity index (χ4v) is 2.84. The molecule has 26 heavy (non-hydrogen) atoms. The maximum absolute atomic E-state index is 13.9. The smallest absolute Gasteiger partial charge is 0.340 e. The molecule has 0 aromatic heterocycles. The summed E-state index contributed by atoms with van der Waals surface area (Å²) in [4.78, 5) is 23.6. The van der Waals surface area contributed by atoms with Crippen LogP contribution in [0.25, 0.3) is 0 Å². The molecular formula is C19H18F2N2O3. The molecule has 2 amide bonds. The number of methoxy groups -OCH3 is 1. The van der Waals surface area contributed by atoms with Crippen LogP contribution in [0.1, 0.15) is 28.8 Å². The van der Waals surface area contributed by atoms with Crippen LogP contribution in [-0.4, -0.2) is 25.7 Å². The number of amides is 2. The summed E-state index contributed by atoms with van der Waals surface area (Å²) >= 11 is 0. The van der Waals surface area contributed by atoms with Crippen molar-refractivity contribution in [3.8, 4) is 0 Å². The van der Waals surface area contributed by atoms with Gasteiger partial charge in [0.2, 0.25) is 0 Å². The summed E-state index contributed by atoms with van der Waals surface area (Å²) in [6, 6.07) is 10.7. The van der Waals surface area contributed by atoms with Gasteiger partial charge in [-0.05, 0) is 24.5 Å². The number of benzene rings is 2. The average molecular weight is 360 g/mol. The van der Waals surface area contributed by atoms with Crippen LogP contribution in [0.4, 0.5) is 19.3 Å². The number of nitrogens with one attached hydrogen (secondary N) is 2. The number of hydrogen-bond donors (Lipinski definition) is 2. The molecule has 136 valence electrons. The minimum atomic E-state index is -1.05. The Hall–Kier alpha value is -2.96. The van der Waals surface area contributed by atoms with Gasteiger partial charge in [0.25, 0.3) is 0 Å². The van der Waals surface area contributed by atoms with Crippen molar-refractivity contribution in [1.82, 2.24) is 5.32 Å². The molecule has 0 bridgehead atoms. The predicted molar refractivity (Wildman–Crippen MR) is 92.1 cm³/mol. The highest BCUT2D eigenvalue weighted by Gasteiger charge is 2.44. The monoisotopic (exact) mass is 360 g/mol. The van der Waals surface area contributed by atoms with Crippen LogP contribution in [0.3, 0.4) is 0 Å². The van der Waals surface area contributed by atoms with Gasteiger partial charge in [0, 0.05) is 18.0 Å². The molecule has 0 spiro atoms. The number of carbonyl (C=O) groups is 2. The van der Waals surface area contributed by atoms with E-state index >= 15 is 0 Å². The highest BCUT2D eigenvalue weighted by molar-refractivity contribution is 5.94. The van der Waals surface area contributed by atoms with E-state index in [1.165, 1.54) is 0 Å². The van der Waals surface area contributed by atoms with Crippen molar-refractivity contribution >= 4 is 17.7 Å². The second-order valence-corrected chi connectivity index (χ2v) is 6.26. The minimum absolute atomic E-state index is 0.100. The van der Waals surface area contributed by atoms with Crippen molar-refractivity contribution in [3.63, 3.8) is 0 Å². The van der Waals surface area contributed by atoms with E-state index in [0.717, 1.165) is 31.6 Å². The summed E-state index contributed by atoms with van der Waals surface area (Å²) in [7, 11) is 1.09. The van der Waals surface area contributed by atoms with Gasteiger partial charge >= 0.3 is 12.0 Å². The van der Waals surface area contributed by atoms with Gasteiger partial charge in [-0.15, -0.1) is 0 Å². The first-order valence-electron chi connectivity index (χ1n) is 8.13. The third-order valence-electron chi connectivity index (χ3n) is 4.54. The lowest BCUT2D eigenvalue weighted by atomic mass is 9.96. The molecule has 1 fully saturated rings. The number of hydrogen-bond acceptors (Lipinski definition) is 3. The standard InChI is InChI=1S/C19H18F2N2O3/c1-26-17(24)13-9-16(15(21)10-14(13)20)23-18(25)22-11-19(7-8-19)12-5-3-2-4-6-12/h2-6,9-10H,7-8,11H2,1H3,(H2,22,23,25). The highest BCUT2D eigenvalue weighted by Crippen LogP contribution is 2.47. The number of carbonyl (C=O) groups excluding carboxylic acids is 2. The second kappa shape index (κ2) is 7.11. The molecular weight excluding hydrogens is 342 g/mol. The van der Waals surface area contributed by atoms with Crippen LogP contribution in [0.5, 0.6) is 0 Å². The summed E-state index contributed by atoms with van der Waals surface area (Å²) in [6.45, 7) is 0.398. The van der Waals surface area contributed by atoms with Gasteiger partial charge in [-0.25, -0.2) is 18.4 Å². The molecule has 1 aliphatic rings. The summed E-state index contributed by atoms with van der Waals surface area (Å²) in [5, 5.41) is 5.02. The van der Waals surface area contributed by atoms with Crippen molar-refractivity contribution in [2.75, 3.05) is 19.0 Å². The zero-order valence-electron chi connectivity index (χ0n) is 14.1. The zero-order valence-corrected chi connectivity index (χ0v) is 14.1. The number of halogens is 2. The normalized spacial score (nSPS) is 14.4. The van der Waals surface area contributed by atoms with E-state index in [1.807, 2.05) is 30.3 Å². The van der Waals surface area contributed by atoms with E-state index in [0.29, 0.717) is 12.6 Å². The van der Waals surface area contributed by atoms with Crippen molar-refractivity contribution < 1.29 is 23.1 Å². The van der Waals surface area contributed by atoms with Gasteiger partial charge < -0.3 is 15.4 Å². The Morgan fingerprint density at radius 2 is 1.81 bits per heavy atom. The average Bonchev–Trinajstić information content (AvgIpc) is 3.44. The first-order chi connectivity index (χ1) is 12.4. The topological polar surface area (TPSA) is 67.4 Å². The van der Waals surface area contributed by atoms with Crippen LogP contribution in [-0.2, 0) is 10.2 Å². The van der Waals surface area contributed by atoms with Gasteiger partial charge in [0.05, 0.1) is 18.4 Å². The molecule has 0 unspecified atom stereocenters. The molecule has 3 rings (SSSR count). The molecule has 2 N–H and O–H groups in total. The van der Waals surface area contributed by atoms with Crippen molar-refractivity contribution in [2.45, 2.75) is 18.3 Å². The first-order valence-corrected chi connectivity index (χ1v) is 8.13. The van der Waals surface area contributed by atoms with Crippen LogP contribution in [0.2, 0.25) is 0 Å². The Bertz CT molecular complexity index is 836. The quantitative estimate of drug-likeness (QED) is 0.801. The lowest BCUT2D eigenvalue weighted by Gasteiger charge is -2.17. The number of anilines is 1. The number of urea groups is 1. The highest BCUT2D eigenvalue weighted by atomic mass is 19.1. The summed E-state index contributed by atoms with van der Waals surface area (Å²) in [5.74, 6) is -2.98. The van der Waals surface area contributed by atoms with Gasteiger partial charge in [-0.2, -0.15) is 0 Å². The molecule has 0 atom stereocenters. The number of ether oxygens (including phenoxy) is 1. The number of esters is 1. The summed E-state index contributed by atoms with van der Waals surface area (Å²) in [6.07, 6.45) is 1.91.